The molecule has 0 aliphatic rings. The Balaban J connectivity index is 0.00000300. The van der Waals surface area contributed by atoms with Crippen molar-refractivity contribution >= 4 is 46.1 Å². The summed E-state index contributed by atoms with van der Waals surface area (Å²) in [6.45, 7) is 0. The number of hydrogen-bond donors (Lipinski definition) is 0. The molecular formula is C25H28BrO2P. The third-order valence-corrected chi connectivity index (χ3v) is 9.74. The fourth-order valence-electron chi connectivity index (χ4n) is 3.85. The van der Waals surface area contributed by atoms with E-state index in [1.54, 1.807) is 0 Å². The molecule has 3 aromatic rings. The Morgan fingerprint density at radius 3 is 1.38 bits per heavy atom. The van der Waals surface area contributed by atoms with Gasteiger partial charge in [0.05, 0.1) is 6.16 Å². The summed E-state index contributed by atoms with van der Waals surface area (Å²) in [6, 6.07) is 32.6. The van der Waals surface area contributed by atoms with Crippen LogP contribution in [0.25, 0.3) is 0 Å². The van der Waals surface area contributed by atoms with Gasteiger partial charge in [-0.15, -0.1) is 17.0 Å². The Morgan fingerprint density at radius 2 is 1.00 bits per heavy atom. The highest BCUT2D eigenvalue weighted by molar-refractivity contribution is 8.93. The number of carbonyl (C=O) groups excluding carboxylic acids is 1. The maximum atomic E-state index is 10.6. The van der Waals surface area contributed by atoms with Gasteiger partial charge in [0, 0.05) is 5.97 Å². The van der Waals surface area contributed by atoms with Crippen LogP contribution in [-0.4, -0.2) is 12.1 Å². The molecule has 4 heteroatoms. The molecule has 152 valence electrons. The van der Waals surface area contributed by atoms with E-state index in [9.17, 15) is 9.90 Å². The second-order valence-corrected chi connectivity index (χ2v) is 10.7. The smallest absolute Gasteiger partial charge is 0.112 e. The first kappa shape index (κ1) is 23.3. The second-order valence-electron chi connectivity index (χ2n) is 7.08. The van der Waals surface area contributed by atoms with Gasteiger partial charge in [0.2, 0.25) is 0 Å². The molecule has 0 fully saturated rings. The van der Waals surface area contributed by atoms with Crippen molar-refractivity contribution in [3.8, 4) is 0 Å². The number of rotatable bonds is 10. The summed E-state index contributed by atoms with van der Waals surface area (Å²) < 4.78 is 0. The van der Waals surface area contributed by atoms with E-state index in [-0.39, 0.29) is 23.4 Å². The lowest BCUT2D eigenvalue weighted by atomic mass is 10.2. The summed E-state index contributed by atoms with van der Waals surface area (Å²) in [5.41, 5.74) is 0. The number of benzene rings is 3. The second kappa shape index (κ2) is 11.9. The molecule has 0 heterocycles. The molecule has 0 aliphatic carbocycles. The lowest BCUT2D eigenvalue weighted by molar-refractivity contribution is -0.305. The Morgan fingerprint density at radius 1 is 0.621 bits per heavy atom. The van der Waals surface area contributed by atoms with Gasteiger partial charge >= 0.3 is 0 Å². The topological polar surface area (TPSA) is 40.1 Å². The van der Waals surface area contributed by atoms with Crippen molar-refractivity contribution in [2.75, 3.05) is 6.16 Å². The van der Waals surface area contributed by atoms with E-state index in [0.717, 1.165) is 25.4 Å². The molecule has 0 aromatic heterocycles. The zero-order valence-electron chi connectivity index (χ0n) is 16.6. The average molecular weight is 471 g/mol. The Kier molecular flexibility index (Phi) is 9.57. The Hall–Kier alpha value is -1.96. The van der Waals surface area contributed by atoms with Crippen LogP contribution in [0.4, 0.5) is 0 Å². The van der Waals surface area contributed by atoms with Gasteiger partial charge in [0.25, 0.3) is 0 Å². The van der Waals surface area contributed by atoms with Crippen LogP contribution in [0.3, 0.4) is 0 Å². The van der Waals surface area contributed by atoms with Crippen molar-refractivity contribution in [2.45, 2.75) is 32.1 Å². The maximum absolute atomic E-state index is 10.6. The maximum Gasteiger partial charge on any atom is 0.112 e. The van der Waals surface area contributed by atoms with Gasteiger partial charge in [-0.1, -0.05) is 61.0 Å². The Bertz CT molecular complexity index is 757. The summed E-state index contributed by atoms with van der Waals surface area (Å²) in [4.78, 5) is 10.6. The van der Waals surface area contributed by atoms with Crippen molar-refractivity contribution < 1.29 is 9.90 Å². The van der Waals surface area contributed by atoms with Crippen LogP contribution in [0.2, 0.25) is 0 Å². The van der Waals surface area contributed by atoms with E-state index >= 15 is 0 Å². The normalized spacial score (nSPS) is 10.9. The van der Waals surface area contributed by atoms with Crippen LogP contribution in [0.5, 0.6) is 0 Å². The van der Waals surface area contributed by atoms with Gasteiger partial charge in [0.1, 0.15) is 23.2 Å². The largest absolute Gasteiger partial charge is 0.550 e. The first-order chi connectivity index (χ1) is 13.7. The zero-order valence-corrected chi connectivity index (χ0v) is 19.2. The van der Waals surface area contributed by atoms with Crippen LogP contribution in [0.1, 0.15) is 32.1 Å². The van der Waals surface area contributed by atoms with Crippen LogP contribution in [0, 0.1) is 0 Å². The summed E-state index contributed by atoms with van der Waals surface area (Å²) in [7, 11) is -1.75. The standard InChI is InChI=1S/C25H27O2P.BrH/c26-25(27)20-12-1-2-13-21-28(22-14-6-3-7-15-22,23-16-8-4-9-17-23)24-18-10-5-11-19-24;/h3-11,14-19H,1-2,12-13,20-21H2;1H. The molecule has 0 amide bonds. The number of unbranched alkanes of at least 4 members (excludes halogenated alkanes) is 3. The number of carbonyl (C=O) groups is 1. The number of carboxylic acids is 1. The number of aliphatic carboxylic acids is 1. The molecule has 0 N–H and O–H groups in total. The van der Waals surface area contributed by atoms with Gasteiger partial charge in [-0.3, -0.25) is 0 Å². The predicted molar refractivity (Wildman–Crippen MR) is 128 cm³/mol. The predicted octanol–water partition coefficient (Wildman–Crippen LogP) is 4.26. The van der Waals surface area contributed by atoms with Crippen molar-refractivity contribution in [3.05, 3.63) is 91.0 Å². The number of halogens is 1. The quantitative estimate of drug-likeness (QED) is 0.328. The molecule has 3 aromatic carbocycles. The lowest BCUT2D eigenvalue weighted by Crippen LogP contribution is -2.33. The fraction of sp³-hybridized carbons (Fsp3) is 0.240. The van der Waals surface area contributed by atoms with Crippen LogP contribution >= 0.6 is 24.2 Å². The first-order valence-electron chi connectivity index (χ1n) is 9.98. The molecule has 0 aliphatic heterocycles. The minimum absolute atomic E-state index is 0. The van der Waals surface area contributed by atoms with Crippen molar-refractivity contribution in [3.63, 3.8) is 0 Å². The summed E-state index contributed by atoms with van der Waals surface area (Å²) in [5, 5.41) is 14.9. The SMILES string of the molecule is Br.O=C([O-])CCCCCC[P+](c1ccccc1)(c1ccccc1)c1ccccc1. The zero-order chi connectivity index (χ0) is 19.7. The lowest BCUT2D eigenvalue weighted by Gasteiger charge is -2.27. The number of hydrogen-bond acceptors (Lipinski definition) is 2. The monoisotopic (exact) mass is 470 g/mol. The van der Waals surface area contributed by atoms with Gasteiger partial charge in [-0.25, -0.2) is 0 Å². The number of carboxylic acid groups (broad SMARTS) is 1. The summed E-state index contributed by atoms with van der Waals surface area (Å²) in [5.74, 6) is -0.945. The molecule has 2 nitrogen and oxygen atoms in total. The van der Waals surface area contributed by atoms with Crippen LogP contribution in [-0.2, 0) is 4.79 Å². The molecule has 0 atom stereocenters. The molecule has 0 unspecified atom stereocenters. The molecule has 0 saturated heterocycles. The molecule has 29 heavy (non-hydrogen) atoms. The summed E-state index contributed by atoms with van der Waals surface area (Å²) in [6.07, 6.45) is 5.02. The molecule has 3 rings (SSSR count). The highest BCUT2D eigenvalue weighted by Crippen LogP contribution is 2.55. The highest BCUT2D eigenvalue weighted by atomic mass is 79.9. The van der Waals surface area contributed by atoms with E-state index in [0.29, 0.717) is 6.42 Å². The minimum atomic E-state index is -1.75. The minimum Gasteiger partial charge on any atom is -0.550 e. The third-order valence-electron chi connectivity index (χ3n) is 5.22. The third kappa shape index (κ3) is 6.01. The van der Waals surface area contributed by atoms with E-state index in [2.05, 4.69) is 91.0 Å². The Labute approximate surface area is 185 Å². The molecular weight excluding hydrogens is 443 g/mol. The highest BCUT2D eigenvalue weighted by Gasteiger charge is 2.44. The van der Waals surface area contributed by atoms with Crippen LogP contribution < -0.4 is 21.0 Å². The fourth-order valence-corrected chi connectivity index (χ4v) is 8.26. The van der Waals surface area contributed by atoms with E-state index in [4.69, 9.17) is 0 Å². The molecule has 0 radical (unpaired) electrons. The van der Waals surface area contributed by atoms with Crippen molar-refractivity contribution in [1.29, 1.82) is 0 Å². The van der Waals surface area contributed by atoms with Gasteiger partial charge in [-0.05, 0) is 62.1 Å². The van der Waals surface area contributed by atoms with Crippen molar-refractivity contribution in [2.24, 2.45) is 0 Å². The van der Waals surface area contributed by atoms with E-state index < -0.39 is 13.2 Å². The average Bonchev–Trinajstić information content (AvgIpc) is 2.75. The van der Waals surface area contributed by atoms with Gasteiger partial charge < -0.3 is 9.90 Å². The van der Waals surface area contributed by atoms with E-state index in [1.807, 2.05) is 0 Å². The van der Waals surface area contributed by atoms with E-state index in [1.165, 1.54) is 15.9 Å². The molecule has 0 spiro atoms. The van der Waals surface area contributed by atoms with Crippen molar-refractivity contribution in [1.82, 2.24) is 0 Å². The van der Waals surface area contributed by atoms with Gasteiger partial charge in [0.15, 0.2) is 0 Å². The van der Waals surface area contributed by atoms with Crippen LogP contribution in [0.15, 0.2) is 91.0 Å². The van der Waals surface area contributed by atoms with Gasteiger partial charge in [-0.2, -0.15) is 0 Å². The molecule has 0 saturated carbocycles. The summed E-state index contributed by atoms with van der Waals surface area (Å²) >= 11 is 0. The first-order valence-corrected chi connectivity index (χ1v) is 12.0. The molecule has 0 bridgehead atoms.